The summed E-state index contributed by atoms with van der Waals surface area (Å²) in [5.74, 6) is -0.357. The number of alkyl halides is 3. The Labute approximate surface area is 225 Å². The van der Waals surface area contributed by atoms with E-state index in [9.17, 15) is 17.6 Å². The SMILES string of the molecule is Fc1ccc(-n2nc(C(F)(F)F)c3cc(CNCCN4CCCCC4)c(OCc4ncc(Cl)s4)nc32)cc1. The first-order valence-electron chi connectivity index (χ1n) is 12.2. The molecule has 0 unspecified atom stereocenters. The molecular weight excluding hydrogens is 544 g/mol. The maximum Gasteiger partial charge on any atom is 0.435 e. The summed E-state index contributed by atoms with van der Waals surface area (Å²) >= 11 is 7.21. The first-order chi connectivity index (χ1) is 18.3. The average Bonchev–Trinajstić information content (AvgIpc) is 3.49. The third-order valence-corrected chi connectivity index (χ3v) is 7.35. The summed E-state index contributed by atoms with van der Waals surface area (Å²) in [7, 11) is 0. The maximum atomic E-state index is 14.0. The molecule has 0 atom stereocenters. The van der Waals surface area contributed by atoms with Gasteiger partial charge in [0.2, 0.25) is 5.88 Å². The second-order valence-electron chi connectivity index (χ2n) is 8.98. The van der Waals surface area contributed by atoms with Crippen molar-refractivity contribution in [3.05, 3.63) is 62.9 Å². The highest BCUT2D eigenvalue weighted by molar-refractivity contribution is 7.15. The lowest BCUT2D eigenvalue weighted by atomic mass is 10.1. The highest BCUT2D eigenvalue weighted by Gasteiger charge is 2.38. The number of hydrogen-bond donors (Lipinski definition) is 1. The summed E-state index contributed by atoms with van der Waals surface area (Å²) < 4.78 is 63.0. The zero-order valence-corrected chi connectivity index (χ0v) is 21.8. The fourth-order valence-corrected chi connectivity index (χ4v) is 5.29. The number of nitrogens with zero attached hydrogens (tertiary/aromatic N) is 5. The minimum Gasteiger partial charge on any atom is -0.470 e. The quantitative estimate of drug-likeness (QED) is 0.202. The Hall–Kier alpha value is -2.80. The van der Waals surface area contributed by atoms with E-state index in [2.05, 4.69) is 25.3 Å². The molecule has 1 N–H and O–H groups in total. The smallest absolute Gasteiger partial charge is 0.435 e. The maximum absolute atomic E-state index is 14.0. The number of piperidine rings is 1. The highest BCUT2D eigenvalue weighted by atomic mass is 35.5. The van der Waals surface area contributed by atoms with Gasteiger partial charge in [-0.15, -0.1) is 11.3 Å². The summed E-state index contributed by atoms with van der Waals surface area (Å²) in [6.07, 6.45) is 0.386. The van der Waals surface area contributed by atoms with Crippen LogP contribution in [0.5, 0.6) is 5.88 Å². The van der Waals surface area contributed by atoms with Crippen molar-refractivity contribution in [1.29, 1.82) is 0 Å². The molecule has 0 bridgehead atoms. The van der Waals surface area contributed by atoms with Gasteiger partial charge in [0.05, 0.1) is 17.3 Å². The molecule has 202 valence electrons. The van der Waals surface area contributed by atoms with Crippen molar-refractivity contribution in [2.45, 2.75) is 38.6 Å². The number of hydrogen-bond acceptors (Lipinski definition) is 7. The Balaban J connectivity index is 1.48. The number of halogens is 5. The number of rotatable bonds is 9. The van der Waals surface area contributed by atoms with Gasteiger partial charge in [0.25, 0.3) is 0 Å². The Morgan fingerprint density at radius 3 is 2.55 bits per heavy atom. The van der Waals surface area contributed by atoms with Crippen LogP contribution in [-0.2, 0) is 19.3 Å². The molecular formula is C25H25ClF4N6OS. The molecule has 0 radical (unpaired) electrons. The van der Waals surface area contributed by atoms with Gasteiger partial charge in [0, 0.05) is 25.2 Å². The van der Waals surface area contributed by atoms with Gasteiger partial charge in [-0.1, -0.05) is 18.0 Å². The van der Waals surface area contributed by atoms with E-state index in [0.717, 1.165) is 36.4 Å². The minimum absolute atomic E-state index is 0.0480. The number of nitrogens with one attached hydrogen (secondary N) is 1. The molecule has 0 saturated carbocycles. The monoisotopic (exact) mass is 568 g/mol. The lowest BCUT2D eigenvalue weighted by Crippen LogP contribution is -2.35. The third kappa shape index (κ3) is 6.25. The van der Waals surface area contributed by atoms with Crippen LogP contribution in [-0.4, -0.2) is 50.8 Å². The van der Waals surface area contributed by atoms with Crippen LogP contribution in [0.25, 0.3) is 16.7 Å². The Morgan fingerprint density at radius 1 is 1.11 bits per heavy atom. The number of benzene rings is 1. The van der Waals surface area contributed by atoms with Crippen LogP contribution in [0.1, 0.15) is 35.5 Å². The third-order valence-electron chi connectivity index (χ3n) is 6.26. The van der Waals surface area contributed by atoms with Crippen LogP contribution < -0.4 is 10.1 Å². The Bertz CT molecular complexity index is 1390. The minimum atomic E-state index is -4.72. The van der Waals surface area contributed by atoms with Gasteiger partial charge in [-0.05, 0) is 56.3 Å². The van der Waals surface area contributed by atoms with E-state index in [1.165, 1.54) is 55.0 Å². The van der Waals surface area contributed by atoms with Crippen molar-refractivity contribution in [3.63, 3.8) is 0 Å². The Morgan fingerprint density at radius 2 is 1.87 bits per heavy atom. The number of aromatic nitrogens is 4. The molecule has 7 nitrogen and oxygen atoms in total. The summed E-state index contributed by atoms with van der Waals surface area (Å²) in [5.41, 5.74) is -0.419. The summed E-state index contributed by atoms with van der Waals surface area (Å²) in [5, 5.41) is 7.57. The van der Waals surface area contributed by atoms with E-state index in [1.54, 1.807) is 0 Å². The van der Waals surface area contributed by atoms with E-state index < -0.39 is 17.7 Å². The van der Waals surface area contributed by atoms with Crippen LogP contribution in [0.2, 0.25) is 4.34 Å². The number of ether oxygens (including phenoxy) is 1. The number of thiazole rings is 1. The van der Waals surface area contributed by atoms with Gasteiger partial charge in [0.15, 0.2) is 11.3 Å². The largest absolute Gasteiger partial charge is 0.470 e. The molecule has 0 amide bonds. The van der Waals surface area contributed by atoms with Gasteiger partial charge in [-0.3, -0.25) is 0 Å². The van der Waals surface area contributed by atoms with E-state index in [0.29, 0.717) is 21.5 Å². The first-order valence-corrected chi connectivity index (χ1v) is 13.4. The van der Waals surface area contributed by atoms with E-state index in [4.69, 9.17) is 16.3 Å². The lowest BCUT2D eigenvalue weighted by Gasteiger charge is -2.26. The van der Waals surface area contributed by atoms with Crippen LogP contribution in [0, 0.1) is 5.82 Å². The molecule has 1 aliphatic rings. The molecule has 4 heterocycles. The van der Waals surface area contributed by atoms with Gasteiger partial charge >= 0.3 is 6.18 Å². The predicted molar refractivity (Wildman–Crippen MR) is 137 cm³/mol. The average molecular weight is 569 g/mol. The zero-order valence-electron chi connectivity index (χ0n) is 20.3. The predicted octanol–water partition coefficient (Wildman–Crippen LogP) is 5.84. The summed E-state index contributed by atoms with van der Waals surface area (Å²) in [4.78, 5) is 11.0. The molecule has 1 saturated heterocycles. The molecule has 0 spiro atoms. The van der Waals surface area contributed by atoms with Crippen molar-refractivity contribution >= 4 is 34.0 Å². The van der Waals surface area contributed by atoms with Crippen LogP contribution >= 0.6 is 22.9 Å². The molecule has 1 fully saturated rings. The molecule has 5 rings (SSSR count). The van der Waals surface area contributed by atoms with Crippen molar-refractivity contribution in [3.8, 4) is 11.6 Å². The van der Waals surface area contributed by atoms with Gasteiger partial charge in [-0.2, -0.15) is 23.3 Å². The lowest BCUT2D eigenvalue weighted by molar-refractivity contribution is -0.140. The number of likely N-dealkylation sites (tertiary alicyclic amines) is 1. The second kappa shape index (κ2) is 11.5. The number of pyridine rings is 1. The Kier molecular flexibility index (Phi) is 8.12. The van der Waals surface area contributed by atoms with E-state index >= 15 is 0 Å². The number of fused-ring (bicyclic) bond motifs is 1. The van der Waals surface area contributed by atoms with Gasteiger partial charge in [0.1, 0.15) is 21.8 Å². The van der Waals surface area contributed by atoms with Crippen molar-refractivity contribution < 1.29 is 22.3 Å². The zero-order chi connectivity index (χ0) is 26.7. The molecule has 38 heavy (non-hydrogen) atoms. The first kappa shape index (κ1) is 26.8. The van der Waals surface area contributed by atoms with E-state index in [-0.39, 0.29) is 35.8 Å². The highest BCUT2D eigenvalue weighted by Crippen LogP contribution is 2.36. The topological polar surface area (TPSA) is 68.1 Å². The van der Waals surface area contributed by atoms with Gasteiger partial charge < -0.3 is 15.0 Å². The molecule has 13 heteroatoms. The fourth-order valence-electron chi connectivity index (χ4n) is 4.42. The van der Waals surface area contributed by atoms with Crippen molar-refractivity contribution in [2.24, 2.45) is 0 Å². The summed E-state index contributed by atoms with van der Waals surface area (Å²) in [6.45, 7) is 3.92. The molecule has 0 aliphatic carbocycles. The van der Waals surface area contributed by atoms with E-state index in [1.807, 2.05) is 0 Å². The molecule has 1 aromatic carbocycles. The molecule has 4 aromatic rings. The summed E-state index contributed by atoms with van der Waals surface area (Å²) in [6, 6.07) is 6.41. The van der Waals surface area contributed by atoms with Crippen LogP contribution in [0.15, 0.2) is 36.5 Å². The van der Waals surface area contributed by atoms with Crippen molar-refractivity contribution in [1.82, 2.24) is 30.0 Å². The molecule has 1 aliphatic heterocycles. The van der Waals surface area contributed by atoms with Crippen molar-refractivity contribution in [2.75, 3.05) is 26.2 Å². The normalized spacial score (nSPS) is 14.9. The fraction of sp³-hybridized carbons (Fsp3) is 0.400. The molecule has 3 aromatic heterocycles. The van der Waals surface area contributed by atoms with Gasteiger partial charge in [-0.25, -0.2) is 14.1 Å². The standard InChI is InChI=1S/C25H25ClF4N6OS/c26-20-14-32-21(38-20)15-37-24-16(13-31-8-11-35-9-2-1-3-10-35)12-19-22(25(28,29)30)34-36(23(19)33-24)18-6-4-17(27)5-7-18/h4-7,12,14,31H,1-3,8-11,13,15H2. The van der Waals surface area contributed by atoms with Crippen LogP contribution in [0.3, 0.4) is 0 Å². The second-order valence-corrected chi connectivity index (χ2v) is 10.7. The van der Waals surface area contributed by atoms with Crippen LogP contribution in [0.4, 0.5) is 17.6 Å².